The van der Waals surface area contributed by atoms with Crippen LogP contribution in [0.1, 0.15) is 5.56 Å². The van der Waals surface area contributed by atoms with Crippen LogP contribution in [0.5, 0.6) is 0 Å². The van der Waals surface area contributed by atoms with Crippen molar-refractivity contribution in [2.45, 2.75) is 6.42 Å². The number of carboxylic acid groups (broad SMARTS) is 1. The van der Waals surface area contributed by atoms with E-state index in [0.29, 0.717) is 11.2 Å². The molecule has 0 aromatic carbocycles. The second-order valence-corrected chi connectivity index (χ2v) is 2.55. The summed E-state index contributed by atoms with van der Waals surface area (Å²) in [7, 11) is 0. The summed E-state index contributed by atoms with van der Waals surface area (Å²) in [6, 6.07) is 3.40. The van der Waals surface area contributed by atoms with Crippen molar-refractivity contribution in [1.29, 1.82) is 0 Å². The van der Waals surface area contributed by atoms with E-state index in [1.807, 2.05) is 0 Å². The SMILES string of the molecule is O=C(O)Cc1cccn2nnnc12. The third-order valence-electron chi connectivity index (χ3n) is 1.65. The fourth-order valence-corrected chi connectivity index (χ4v) is 1.12. The maximum Gasteiger partial charge on any atom is 0.307 e. The summed E-state index contributed by atoms with van der Waals surface area (Å²) in [5, 5.41) is 19.4. The van der Waals surface area contributed by atoms with Gasteiger partial charge in [-0.2, -0.15) is 0 Å². The topological polar surface area (TPSA) is 80.4 Å². The molecule has 1 N–H and O–H groups in total. The molecule has 6 heteroatoms. The molecule has 2 rings (SSSR count). The molecule has 0 radical (unpaired) electrons. The molecule has 0 saturated carbocycles. The van der Waals surface area contributed by atoms with Gasteiger partial charge in [-0.3, -0.25) is 4.79 Å². The van der Waals surface area contributed by atoms with Gasteiger partial charge < -0.3 is 5.11 Å². The zero-order valence-corrected chi connectivity index (χ0v) is 6.58. The first-order valence-electron chi connectivity index (χ1n) is 3.65. The molecule has 2 aromatic rings. The van der Waals surface area contributed by atoms with Crippen LogP contribution < -0.4 is 0 Å². The summed E-state index contributed by atoms with van der Waals surface area (Å²) < 4.78 is 1.44. The Labute approximate surface area is 72.8 Å². The van der Waals surface area contributed by atoms with Crippen molar-refractivity contribution in [2.75, 3.05) is 0 Å². The number of pyridine rings is 1. The van der Waals surface area contributed by atoms with Crippen LogP contribution in [-0.2, 0) is 11.2 Å². The van der Waals surface area contributed by atoms with Gasteiger partial charge in [-0.15, -0.1) is 5.10 Å². The Morgan fingerprint density at radius 2 is 2.46 bits per heavy atom. The van der Waals surface area contributed by atoms with E-state index in [1.165, 1.54) is 4.52 Å². The molecule has 6 nitrogen and oxygen atoms in total. The van der Waals surface area contributed by atoms with Crippen molar-refractivity contribution in [1.82, 2.24) is 20.0 Å². The van der Waals surface area contributed by atoms with Gasteiger partial charge in [0.25, 0.3) is 0 Å². The Hall–Kier alpha value is -1.98. The summed E-state index contributed by atoms with van der Waals surface area (Å²) in [5.74, 6) is -0.892. The second-order valence-electron chi connectivity index (χ2n) is 2.55. The van der Waals surface area contributed by atoms with Crippen LogP contribution >= 0.6 is 0 Å². The van der Waals surface area contributed by atoms with Crippen molar-refractivity contribution in [2.24, 2.45) is 0 Å². The molecule has 66 valence electrons. The molecule has 0 spiro atoms. The normalized spacial score (nSPS) is 10.5. The number of aliphatic carboxylic acids is 1. The van der Waals surface area contributed by atoms with Crippen molar-refractivity contribution < 1.29 is 9.90 Å². The van der Waals surface area contributed by atoms with Gasteiger partial charge in [-0.1, -0.05) is 6.07 Å². The lowest BCUT2D eigenvalue weighted by Gasteiger charge is -1.96. The Morgan fingerprint density at radius 1 is 1.62 bits per heavy atom. The number of carbonyl (C=O) groups is 1. The number of fused-ring (bicyclic) bond motifs is 1. The zero-order chi connectivity index (χ0) is 9.26. The summed E-state index contributed by atoms with van der Waals surface area (Å²) in [5.41, 5.74) is 1.10. The number of aromatic nitrogens is 4. The standard InChI is InChI=1S/C7H6N4O2/c12-6(13)4-5-2-1-3-11-7(5)8-9-10-11/h1-3H,4H2,(H,12,13). The van der Waals surface area contributed by atoms with E-state index >= 15 is 0 Å². The average Bonchev–Trinajstić information content (AvgIpc) is 2.51. The first-order chi connectivity index (χ1) is 6.27. The van der Waals surface area contributed by atoms with Crippen LogP contribution in [0.4, 0.5) is 0 Å². The van der Waals surface area contributed by atoms with Crippen LogP contribution in [0.25, 0.3) is 5.65 Å². The zero-order valence-electron chi connectivity index (χ0n) is 6.58. The predicted octanol–water partition coefficient (Wildman–Crippen LogP) is -0.249. The van der Waals surface area contributed by atoms with Gasteiger partial charge in [-0.05, 0) is 16.5 Å². The van der Waals surface area contributed by atoms with Crippen molar-refractivity contribution in [3.8, 4) is 0 Å². The minimum absolute atomic E-state index is 0.0648. The molecule has 0 aliphatic rings. The molecule has 0 amide bonds. The van der Waals surface area contributed by atoms with E-state index in [2.05, 4.69) is 15.5 Å². The van der Waals surface area contributed by atoms with Crippen LogP contribution in [0, 0.1) is 0 Å². The second kappa shape index (κ2) is 2.81. The predicted molar refractivity (Wildman–Crippen MR) is 42.1 cm³/mol. The van der Waals surface area contributed by atoms with Crippen LogP contribution in [0.2, 0.25) is 0 Å². The van der Waals surface area contributed by atoms with E-state index in [1.54, 1.807) is 18.3 Å². The highest BCUT2D eigenvalue weighted by molar-refractivity contribution is 5.72. The lowest BCUT2D eigenvalue weighted by atomic mass is 10.2. The Morgan fingerprint density at radius 3 is 3.23 bits per heavy atom. The van der Waals surface area contributed by atoms with E-state index in [4.69, 9.17) is 5.11 Å². The van der Waals surface area contributed by atoms with E-state index in [-0.39, 0.29) is 6.42 Å². The number of rotatable bonds is 2. The van der Waals surface area contributed by atoms with Gasteiger partial charge >= 0.3 is 5.97 Å². The molecule has 2 aromatic heterocycles. The molecule has 0 atom stereocenters. The van der Waals surface area contributed by atoms with E-state index < -0.39 is 5.97 Å². The maximum atomic E-state index is 10.5. The maximum absolute atomic E-state index is 10.5. The smallest absolute Gasteiger partial charge is 0.307 e. The number of hydrogen-bond donors (Lipinski definition) is 1. The molecule has 2 heterocycles. The molecule has 0 bridgehead atoms. The first-order valence-corrected chi connectivity index (χ1v) is 3.65. The third kappa shape index (κ3) is 1.33. The summed E-state index contributed by atoms with van der Waals surface area (Å²) >= 11 is 0. The molecular weight excluding hydrogens is 172 g/mol. The quantitative estimate of drug-likeness (QED) is 0.685. The first kappa shape index (κ1) is 7.66. The largest absolute Gasteiger partial charge is 0.481 e. The fraction of sp³-hybridized carbons (Fsp3) is 0.143. The van der Waals surface area contributed by atoms with Crippen LogP contribution in [0.3, 0.4) is 0 Å². The lowest BCUT2D eigenvalue weighted by Crippen LogP contribution is -2.02. The Bertz CT molecular complexity index is 450. The molecule has 0 aliphatic heterocycles. The van der Waals surface area contributed by atoms with Gasteiger partial charge in [0.15, 0.2) is 5.65 Å². The minimum atomic E-state index is -0.892. The number of tetrazole rings is 1. The van der Waals surface area contributed by atoms with Crippen LogP contribution in [0.15, 0.2) is 18.3 Å². The number of carboxylic acids is 1. The van der Waals surface area contributed by atoms with Crippen molar-refractivity contribution >= 4 is 11.6 Å². The molecule has 13 heavy (non-hydrogen) atoms. The monoisotopic (exact) mass is 178 g/mol. The minimum Gasteiger partial charge on any atom is -0.481 e. The third-order valence-corrected chi connectivity index (χ3v) is 1.65. The Balaban J connectivity index is 2.54. The molecule has 0 aliphatic carbocycles. The van der Waals surface area contributed by atoms with Gasteiger partial charge in [0.05, 0.1) is 6.42 Å². The van der Waals surface area contributed by atoms with Gasteiger partial charge in [0.1, 0.15) is 0 Å². The highest BCUT2D eigenvalue weighted by Gasteiger charge is 2.07. The van der Waals surface area contributed by atoms with Gasteiger partial charge in [0.2, 0.25) is 0 Å². The van der Waals surface area contributed by atoms with Gasteiger partial charge in [-0.25, -0.2) is 4.52 Å². The van der Waals surface area contributed by atoms with E-state index in [9.17, 15) is 4.79 Å². The van der Waals surface area contributed by atoms with Crippen LogP contribution in [-0.4, -0.2) is 31.1 Å². The molecular formula is C7H6N4O2. The summed E-state index contributed by atoms with van der Waals surface area (Å²) in [6.07, 6.45) is 1.60. The summed E-state index contributed by atoms with van der Waals surface area (Å²) in [6.45, 7) is 0. The fourth-order valence-electron chi connectivity index (χ4n) is 1.12. The number of hydrogen-bond acceptors (Lipinski definition) is 4. The highest BCUT2D eigenvalue weighted by atomic mass is 16.4. The average molecular weight is 178 g/mol. The lowest BCUT2D eigenvalue weighted by molar-refractivity contribution is -0.136. The summed E-state index contributed by atoms with van der Waals surface area (Å²) in [4.78, 5) is 10.5. The molecule has 0 unspecified atom stereocenters. The highest BCUT2D eigenvalue weighted by Crippen LogP contribution is 2.06. The molecule has 0 saturated heterocycles. The van der Waals surface area contributed by atoms with Crippen molar-refractivity contribution in [3.63, 3.8) is 0 Å². The number of nitrogens with zero attached hydrogens (tertiary/aromatic N) is 4. The van der Waals surface area contributed by atoms with Crippen molar-refractivity contribution in [3.05, 3.63) is 23.9 Å². The molecule has 0 fully saturated rings. The van der Waals surface area contributed by atoms with Gasteiger partial charge in [0, 0.05) is 11.8 Å². The van der Waals surface area contributed by atoms with E-state index in [0.717, 1.165) is 0 Å². The Kier molecular flexibility index (Phi) is 1.66.